The lowest BCUT2D eigenvalue weighted by Gasteiger charge is -2.30. The zero-order chi connectivity index (χ0) is 13.0. The Hall–Kier alpha value is -0.960. The predicted octanol–water partition coefficient (Wildman–Crippen LogP) is 3.36. The third-order valence-electron chi connectivity index (χ3n) is 3.89. The van der Waals surface area contributed by atoms with Gasteiger partial charge in [0.1, 0.15) is 5.76 Å². The summed E-state index contributed by atoms with van der Waals surface area (Å²) >= 11 is 5.99. The van der Waals surface area contributed by atoms with Crippen LogP contribution >= 0.6 is 11.6 Å². The first-order valence-electron chi connectivity index (χ1n) is 6.60. The number of carbonyl (C=O) groups excluding carboxylic acids is 1. The summed E-state index contributed by atoms with van der Waals surface area (Å²) in [6.45, 7) is 2.53. The summed E-state index contributed by atoms with van der Waals surface area (Å²) in [7, 11) is 0. The van der Waals surface area contributed by atoms with E-state index in [0.717, 1.165) is 6.54 Å². The van der Waals surface area contributed by atoms with Crippen LogP contribution in [0, 0.1) is 18.8 Å². The SMILES string of the molecule is Cc1occc1C(=O)NCC1CCCCC1CCl. The molecule has 1 aliphatic rings. The van der Waals surface area contributed by atoms with Gasteiger partial charge in [0.25, 0.3) is 5.91 Å². The van der Waals surface area contributed by atoms with Gasteiger partial charge in [-0.3, -0.25) is 4.79 Å². The van der Waals surface area contributed by atoms with Gasteiger partial charge in [-0.1, -0.05) is 12.8 Å². The van der Waals surface area contributed by atoms with Gasteiger partial charge in [-0.05, 0) is 37.7 Å². The number of halogens is 1. The van der Waals surface area contributed by atoms with E-state index in [2.05, 4.69) is 5.32 Å². The molecule has 1 aromatic rings. The number of rotatable bonds is 4. The molecular weight excluding hydrogens is 250 g/mol. The zero-order valence-electron chi connectivity index (χ0n) is 10.7. The average molecular weight is 270 g/mol. The van der Waals surface area contributed by atoms with Gasteiger partial charge in [0.15, 0.2) is 0 Å². The van der Waals surface area contributed by atoms with Gasteiger partial charge in [0.2, 0.25) is 0 Å². The molecule has 0 aliphatic heterocycles. The van der Waals surface area contributed by atoms with Crippen molar-refractivity contribution in [2.45, 2.75) is 32.6 Å². The first-order valence-corrected chi connectivity index (χ1v) is 7.14. The number of alkyl halides is 1. The fourth-order valence-corrected chi connectivity index (χ4v) is 3.10. The Balaban J connectivity index is 1.87. The molecule has 1 N–H and O–H groups in total. The quantitative estimate of drug-likeness (QED) is 0.852. The van der Waals surface area contributed by atoms with Crippen LogP contribution in [-0.2, 0) is 0 Å². The van der Waals surface area contributed by atoms with Gasteiger partial charge in [-0.15, -0.1) is 11.6 Å². The van der Waals surface area contributed by atoms with Crippen molar-refractivity contribution in [2.24, 2.45) is 11.8 Å². The Bertz CT molecular complexity index is 402. The monoisotopic (exact) mass is 269 g/mol. The Morgan fingerprint density at radius 2 is 2.17 bits per heavy atom. The summed E-state index contributed by atoms with van der Waals surface area (Å²) in [5.41, 5.74) is 0.633. The first-order chi connectivity index (χ1) is 8.72. The van der Waals surface area contributed by atoms with E-state index in [4.69, 9.17) is 16.0 Å². The maximum Gasteiger partial charge on any atom is 0.254 e. The van der Waals surface area contributed by atoms with Crippen LogP contribution in [0.15, 0.2) is 16.7 Å². The molecule has 0 radical (unpaired) electrons. The number of amides is 1. The molecule has 1 fully saturated rings. The highest BCUT2D eigenvalue weighted by atomic mass is 35.5. The molecule has 2 unspecified atom stereocenters. The molecule has 1 aliphatic carbocycles. The topological polar surface area (TPSA) is 42.2 Å². The third-order valence-corrected chi connectivity index (χ3v) is 4.29. The standard InChI is InChI=1S/C14H20ClNO2/c1-10-13(6-7-18-10)14(17)16-9-12-5-3-2-4-11(12)8-15/h6-7,11-12H,2-5,8-9H2,1H3,(H,16,17). The van der Waals surface area contributed by atoms with E-state index in [0.29, 0.717) is 29.0 Å². The van der Waals surface area contributed by atoms with Crippen molar-refractivity contribution in [1.29, 1.82) is 0 Å². The fourth-order valence-electron chi connectivity index (χ4n) is 2.70. The number of hydrogen-bond acceptors (Lipinski definition) is 2. The third kappa shape index (κ3) is 3.08. The second-order valence-electron chi connectivity index (χ2n) is 5.06. The summed E-state index contributed by atoms with van der Waals surface area (Å²) in [4.78, 5) is 12.0. The van der Waals surface area contributed by atoms with Crippen LogP contribution in [0.2, 0.25) is 0 Å². The van der Waals surface area contributed by atoms with Crippen LogP contribution in [0.25, 0.3) is 0 Å². The highest BCUT2D eigenvalue weighted by molar-refractivity contribution is 6.18. The van der Waals surface area contributed by atoms with Crippen molar-refractivity contribution in [3.05, 3.63) is 23.7 Å². The fraction of sp³-hybridized carbons (Fsp3) is 0.643. The minimum atomic E-state index is -0.0415. The summed E-state index contributed by atoms with van der Waals surface area (Å²) in [5, 5.41) is 3.00. The van der Waals surface area contributed by atoms with Crippen LogP contribution in [0.5, 0.6) is 0 Å². The van der Waals surface area contributed by atoms with Gasteiger partial charge in [0, 0.05) is 12.4 Å². The van der Waals surface area contributed by atoms with E-state index in [-0.39, 0.29) is 5.91 Å². The number of nitrogens with one attached hydrogen (secondary N) is 1. The maximum absolute atomic E-state index is 12.0. The highest BCUT2D eigenvalue weighted by Crippen LogP contribution is 2.30. The second-order valence-corrected chi connectivity index (χ2v) is 5.37. The Kier molecular flexibility index (Phi) is 4.70. The molecule has 18 heavy (non-hydrogen) atoms. The van der Waals surface area contributed by atoms with E-state index in [1.807, 2.05) is 0 Å². The van der Waals surface area contributed by atoms with Crippen LogP contribution in [-0.4, -0.2) is 18.3 Å². The molecule has 1 saturated carbocycles. The van der Waals surface area contributed by atoms with E-state index >= 15 is 0 Å². The molecule has 3 nitrogen and oxygen atoms in total. The molecule has 100 valence electrons. The predicted molar refractivity (Wildman–Crippen MR) is 71.9 cm³/mol. The van der Waals surface area contributed by atoms with Crippen molar-refractivity contribution < 1.29 is 9.21 Å². The molecule has 2 atom stereocenters. The van der Waals surface area contributed by atoms with Crippen molar-refractivity contribution in [3.63, 3.8) is 0 Å². The van der Waals surface area contributed by atoms with E-state index in [1.165, 1.54) is 25.7 Å². The minimum absolute atomic E-state index is 0.0415. The molecule has 0 bridgehead atoms. The molecule has 4 heteroatoms. The molecule has 1 heterocycles. The molecule has 1 aromatic heterocycles. The Morgan fingerprint density at radius 1 is 1.44 bits per heavy atom. The highest BCUT2D eigenvalue weighted by Gasteiger charge is 2.25. The molecular formula is C14H20ClNO2. The lowest BCUT2D eigenvalue weighted by Crippen LogP contribution is -2.35. The maximum atomic E-state index is 12.0. The number of aryl methyl sites for hydroxylation is 1. The minimum Gasteiger partial charge on any atom is -0.469 e. The average Bonchev–Trinajstić information content (AvgIpc) is 2.82. The Labute approximate surface area is 113 Å². The normalized spacial score (nSPS) is 23.9. The van der Waals surface area contributed by atoms with Crippen LogP contribution in [0.3, 0.4) is 0 Å². The van der Waals surface area contributed by atoms with Gasteiger partial charge in [0.05, 0.1) is 11.8 Å². The van der Waals surface area contributed by atoms with Crippen LogP contribution < -0.4 is 5.32 Å². The summed E-state index contributed by atoms with van der Waals surface area (Å²) in [6, 6.07) is 1.71. The molecule has 0 spiro atoms. The largest absolute Gasteiger partial charge is 0.469 e. The number of furan rings is 1. The lowest BCUT2D eigenvalue weighted by atomic mass is 9.80. The summed E-state index contributed by atoms with van der Waals surface area (Å²) in [5.74, 6) is 2.40. The molecule has 0 aromatic carbocycles. The second kappa shape index (κ2) is 6.28. The molecule has 2 rings (SSSR count). The number of hydrogen-bond donors (Lipinski definition) is 1. The van der Waals surface area contributed by atoms with Crippen molar-refractivity contribution in [2.75, 3.05) is 12.4 Å². The smallest absolute Gasteiger partial charge is 0.254 e. The van der Waals surface area contributed by atoms with E-state index in [9.17, 15) is 4.79 Å². The lowest BCUT2D eigenvalue weighted by molar-refractivity contribution is 0.0935. The molecule has 1 amide bonds. The summed E-state index contributed by atoms with van der Waals surface area (Å²) < 4.78 is 5.14. The molecule has 0 saturated heterocycles. The first kappa shape index (κ1) is 13.5. The van der Waals surface area contributed by atoms with E-state index in [1.54, 1.807) is 19.3 Å². The van der Waals surface area contributed by atoms with Crippen molar-refractivity contribution in [1.82, 2.24) is 5.32 Å². The Morgan fingerprint density at radius 3 is 2.78 bits per heavy atom. The van der Waals surface area contributed by atoms with Gasteiger partial charge < -0.3 is 9.73 Å². The van der Waals surface area contributed by atoms with Gasteiger partial charge >= 0.3 is 0 Å². The van der Waals surface area contributed by atoms with Crippen molar-refractivity contribution in [3.8, 4) is 0 Å². The van der Waals surface area contributed by atoms with Gasteiger partial charge in [-0.25, -0.2) is 0 Å². The summed E-state index contributed by atoms with van der Waals surface area (Å²) in [6.07, 6.45) is 6.42. The van der Waals surface area contributed by atoms with E-state index < -0.39 is 0 Å². The van der Waals surface area contributed by atoms with Crippen molar-refractivity contribution >= 4 is 17.5 Å². The van der Waals surface area contributed by atoms with Crippen LogP contribution in [0.4, 0.5) is 0 Å². The van der Waals surface area contributed by atoms with Gasteiger partial charge in [-0.2, -0.15) is 0 Å². The zero-order valence-corrected chi connectivity index (χ0v) is 11.5. The van der Waals surface area contributed by atoms with Crippen LogP contribution in [0.1, 0.15) is 41.8 Å². The number of carbonyl (C=O) groups is 1.